The molecule has 1 heterocycles. The molecule has 7 nitrogen and oxygen atoms in total. The Morgan fingerprint density at radius 1 is 1.10 bits per heavy atom. The quantitative estimate of drug-likeness (QED) is 0.780. The molecule has 1 aliphatic heterocycles. The van der Waals surface area contributed by atoms with Crippen molar-refractivity contribution in [3.8, 4) is 0 Å². The molecule has 1 aliphatic rings. The van der Waals surface area contributed by atoms with Crippen molar-refractivity contribution < 1.29 is 24.2 Å². The molecule has 1 unspecified atom stereocenters. The first-order chi connectivity index (χ1) is 13.8. The van der Waals surface area contributed by atoms with Crippen molar-refractivity contribution in [3.63, 3.8) is 0 Å². The molecular formula is C23H36N2O5. The maximum absolute atomic E-state index is 13.0. The highest BCUT2D eigenvalue weighted by Crippen LogP contribution is 2.34. The molecule has 30 heavy (non-hydrogen) atoms. The lowest BCUT2D eigenvalue weighted by Gasteiger charge is -2.42. The molecule has 1 aromatic carbocycles. The number of carbonyl (C=O) groups excluding carboxylic acids is 2. The van der Waals surface area contributed by atoms with Crippen LogP contribution in [-0.4, -0.2) is 51.6 Å². The molecule has 0 bridgehead atoms. The number of hydrogen-bond donors (Lipinski definition) is 1. The smallest absolute Gasteiger partial charge is 0.410 e. The molecule has 2 amide bonds. The summed E-state index contributed by atoms with van der Waals surface area (Å²) in [5, 5.41) is 9.41. The monoisotopic (exact) mass is 420 g/mol. The third-order valence-corrected chi connectivity index (χ3v) is 4.40. The van der Waals surface area contributed by atoms with Crippen molar-refractivity contribution in [2.75, 3.05) is 13.1 Å². The van der Waals surface area contributed by atoms with Crippen LogP contribution in [0.4, 0.5) is 4.79 Å². The van der Waals surface area contributed by atoms with E-state index in [1.807, 2.05) is 38.1 Å². The van der Waals surface area contributed by atoms with E-state index in [0.717, 1.165) is 11.1 Å². The van der Waals surface area contributed by atoms with Gasteiger partial charge in [-0.25, -0.2) is 4.79 Å². The van der Waals surface area contributed by atoms with Crippen molar-refractivity contribution >= 4 is 18.0 Å². The summed E-state index contributed by atoms with van der Waals surface area (Å²) >= 11 is 0. The second-order valence-electron chi connectivity index (χ2n) is 9.15. The van der Waals surface area contributed by atoms with Gasteiger partial charge in [-0.15, -0.1) is 0 Å². The summed E-state index contributed by atoms with van der Waals surface area (Å²) in [5.74, 6) is -1.37. The summed E-state index contributed by atoms with van der Waals surface area (Å²) in [6.45, 7) is 14.7. The molecule has 2 rings (SSSR count). The third kappa shape index (κ3) is 6.75. The van der Waals surface area contributed by atoms with Gasteiger partial charge in [0.15, 0.2) is 0 Å². The summed E-state index contributed by atoms with van der Waals surface area (Å²) in [5.41, 5.74) is 0.340. The minimum atomic E-state index is -1.09. The zero-order valence-electron chi connectivity index (χ0n) is 19.5. The number of carbonyl (C=O) groups is 3. The highest BCUT2D eigenvalue weighted by Gasteiger charge is 2.39. The van der Waals surface area contributed by atoms with Crippen molar-refractivity contribution in [1.82, 2.24) is 9.80 Å². The Bertz CT molecular complexity index is 762. The van der Waals surface area contributed by atoms with E-state index in [2.05, 4.69) is 0 Å². The Morgan fingerprint density at radius 3 is 2.17 bits per heavy atom. The van der Waals surface area contributed by atoms with Gasteiger partial charge >= 0.3 is 12.1 Å². The standard InChI is InChI=1S/C21H30N2O5.C2H6/c1-20(2,3)18(26)23(13-17(24)25)16-12-22(19(27)28-21(4,5)6)11-14-9-7-8-10-15(14)16;1-2/h7-10,16H,11-13H2,1-6H3,(H,24,25);1-2H3. The number of fused-ring (bicyclic) bond motifs is 1. The van der Waals surface area contributed by atoms with Gasteiger partial charge in [0.25, 0.3) is 0 Å². The second-order valence-corrected chi connectivity index (χ2v) is 9.15. The number of rotatable bonds is 3. The van der Waals surface area contributed by atoms with Crippen molar-refractivity contribution in [2.45, 2.75) is 73.6 Å². The van der Waals surface area contributed by atoms with Crippen LogP contribution >= 0.6 is 0 Å². The first kappa shape index (κ1) is 25.5. The highest BCUT2D eigenvalue weighted by molar-refractivity contribution is 5.85. The predicted octanol–water partition coefficient (Wildman–Crippen LogP) is 4.46. The fourth-order valence-corrected chi connectivity index (χ4v) is 3.21. The van der Waals surface area contributed by atoms with Gasteiger partial charge in [0.05, 0.1) is 6.04 Å². The van der Waals surface area contributed by atoms with E-state index in [0.29, 0.717) is 6.54 Å². The highest BCUT2D eigenvalue weighted by atomic mass is 16.6. The third-order valence-electron chi connectivity index (χ3n) is 4.40. The topological polar surface area (TPSA) is 87.2 Å². The zero-order chi connectivity index (χ0) is 23.3. The Balaban J connectivity index is 0.00000218. The van der Waals surface area contributed by atoms with E-state index in [1.165, 1.54) is 9.80 Å². The Hall–Kier alpha value is -2.57. The van der Waals surface area contributed by atoms with Crippen LogP contribution in [0.3, 0.4) is 0 Å². The molecule has 0 saturated heterocycles. The second kappa shape index (κ2) is 9.96. The largest absolute Gasteiger partial charge is 0.480 e. The van der Waals surface area contributed by atoms with Crippen LogP contribution in [0, 0.1) is 5.41 Å². The number of amides is 2. The fraction of sp³-hybridized carbons (Fsp3) is 0.609. The zero-order valence-corrected chi connectivity index (χ0v) is 19.5. The normalized spacial score (nSPS) is 16.0. The molecule has 1 aromatic rings. The van der Waals surface area contributed by atoms with Gasteiger partial charge < -0.3 is 19.6 Å². The molecule has 0 spiro atoms. The first-order valence-corrected chi connectivity index (χ1v) is 10.4. The number of ether oxygens (including phenoxy) is 1. The minimum absolute atomic E-state index is 0.182. The average molecular weight is 421 g/mol. The first-order valence-electron chi connectivity index (χ1n) is 10.4. The molecule has 0 aliphatic carbocycles. The molecular weight excluding hydrogens is 384 g/mol. The van der Waals surface area contributed by atoms with E-state index in [4.69, 9.17) is 4.74 Å². The van der Waals surface area contributed by atoms with Crippen LogP contribution in [0.1, 0.15) is 72.6 Å². The molecule has 1 N–H and O–H groups in total. The maximum Gasteiger partial charge on any atom is 0.410 e. The average Bonchev–Trinajstić information content (AvgIpc) is 2.64. The molecule has 0 fully saturated rings. The lowest BCUT2D eigenvalue weighted by Crippen LogP contribution is -2.51. The minimum Gasteiger partial charge on any atom is -0.480 e. The number of benzene rings is 1. The summed E-state index contributed by atoms with van der Waals surface area (Å²) in [4.78, 5) is 40.1. The van der Waals surface area contributed by atoms with E-state index in [-0.39, 0.29) is 12.5 Å². The van der Waals surface area contributed by atoms with Crippen LogP contribution in [0.5, 0.6) is 0 Å². The lowest BCUT2D eigenvalue weighted by molar-refractivity contribution is -0.151. The SMILES string of the molecule is CC.CC(C)(C)OC(=O)N1Cc2ccccc2C(N(CC(=O)O)C(=O)C(C)(C)C)C1. The van der Waals surface area contributed by atoms with Gasteiger partial charge in [-0.2, -0.15) is 0 Å². The van der Waals surface area contributed by atoms with Gasteiger partial charge in [-0.05, 0) is 31.9 Å². The van der Waals surface area contributed by atoms with Crippen molar-refractivity contribution in [2.24, 2.45) is 5.41 Å². The molecule has 0 saturated carbocycles. The van der Waals surface area contributed by atoms with Crippen LogP contribution < -0.4 is 0 Å². The summed E-state index contributed by atoms with van der Waals surface area (Å²) in [6.07, 6.45) is -0.481. The van der Waals surface area contributed by atoms with E-state index >= 15 is 0 Å². The fourth-order valence-electron chi connectivity index (χ4n) is 3.21. The number of hydrogen-bond acceptors (Lipinski definition) is 4. The molecule has 0 radical (unpaired) electrons. The van der Waals surface area contributed by atoms with Crippen LogP contribution in [-0.2, 0) is 20.9 Å². The van der Waals surface area contributed by atoms with Crippen LogP contribution in [0.2, 0.25) is 0 Å². The van der Waals surface area contributed by atoms with Gasteiger partial charge in [0.2, 0.25) is 5.91 Å². The predicted molar refractivity (Wildman–Crippen MR) is 116 cm³/mol. The summed E-state index contributed by atoms with van der Waals surface area (Å²) in [7, 11) is 0. The van der Waals surface area contributed by atoms with Crippen LogP contribution in [0.25, 0.3) is 0 Å². The Labute approximate surface area is 180 Å². The van der Waals surface area contributed by atoms with E-state index in [9.17, 15) is 19.5 Å². The Kier molecular flexibility index (Phi) is 8.45. The molecule has 1 atom stereocenters. The molecule has 168 valence electrons. The maximum atomic E-state index is 13.0. The molecule has 0 aromatic heterocycles. The number of aliphatic carboxylic acids is 1. The number of carboxylic acids is 1. The summed E-state index contributed by atoms with van der Waals surface area (Å²) < 4.78 is 5.50. The molecule has 7 heteroatoms. The van der Waals surface area contributed by atoms with Gasteiger partial charge in [0.1, 0.15) is 12.1 Å². The summed E-state index contributed by atoms with van der Waals surface area (Å²) in [6, 6.07) is 6.94. The van der Waals surface area contributed by atoms with E-state index in [1.54, 1.807) is 41.5 Å². The number of nitrogens with zero attached hydrogens (tertiary/aromatic N) is 2. The lowest BCUT2D eigenvalue weighted by atomic mass is 9.90. The van der Waals surface area contributed by atoms with Gasteiger partial charge in [0, 0.05) is 18.5 Å². The van der Waals surface area contributed by atoms with Gasteiger partial charge in [-0.1, -0.05) is 58.9 Å². The Morgan fingerprint density at radius 2 is 1.67 bits per heavy atom. The van der Waals surface area contributed by atoms with E-state index < -0.39 is 35.7 Å². The van der Waals surface area contributed by atoms with Crippen molar-refractivity contribution in [1.29, 1.82) is 0 Å². The van der Waals surface area contributed by atoms with Crippen molar-refractivity contribution in [3.05, 3.63) is 35.4 Å². The number of carboxylic acid groups (broad SMARTS) is 1. The van der Waals surface area contributed by atoms with Crippen LogP contribution in [0.15, 0.2) is 24.3 Å². The van der Waals surface area contributed by atoms with Gasteiger partial charge in [-0.3, -0.25) is 9.59 Å².